The topological polar surface area (TPSA) is 65.0 Å². The van der Waals surface area contributed by atoms with Gasteiger partial charge in [0.05, 0.1) is 6.10 Å². The van der Waals surface area contributed by atoms with Crippen LogP contribution in [0.1, 0.15) is 98.3 Å². The molecule has 8 heteroatoms. The Morgan fingerprint density at radius 1 is 1.04 bits per heavy atom. The first-order valence-corrected chi connectivity index (χ1v) is 20.5. The Bertz CT molecular complexity index is 1360. The Morgan fingerprint density at radius 2 is 1.70 bits per heavy atom. The van der Waals surface area contributed by atoms with Gasteiger partial charge in [-0.3, -0.25) is 4.79 Å². The van der Waals surface area contributed by atoms with Crippen LogP contribution in [0, 0.1) is 11.8 Å². The summed E-state index contributed by atoms with van der Waals surface area (Å²) >= 11 is 0. The Morgan fingerprint density at radius 3 is 2.26 bits per heavy atom. The van der Waals surface area contributed by atoms with Crippen molar-refractivity contribution in [3.63, 3.8) is 0 Å². The monoisotopic (exact) mass is 708 g/mol. The summed E-state index contributed by atoms with van der Waals surface area (Å²) < 4.78 is 51.5. The highest BCUT2D eigenvalue weighted by molar-refractivity contribution is 6.99. The standard InChI is InChI=1S/C42H58F2O5Si/c1-6-7-25-38(48-40-27-18-19-30-47-40)42(43,44)29-28-35-32(2)31-37(36(35)24-16-8-9-17-26-39(45)46)49-50(41(3,4)5,33-20-12-10-13-21-33)34-22-14-11-15-23-34/h8,10-16,20-23,28-29,35-38,40H,2,6-7,9,17-19,24-27,30-31H2,1,3-5H3,(H,45,46)/t35-,36+,37-,38?,40?/m0/s1. The van der Waals surface area contributed by atoms with Gasteiger partial charge in [0, 0.05) is 18.9 Å². The van der Waals surface area contributed by atoms with Crippen LogP contribution in [-0.2, 0) is 18.7 Å². The van der Waals surface area contributed by atoms with Gasteiger partial charge in [-0.25, -0.2) is 0 Å². The Labute approximate surface area is 299 Å². The molecular weight excluding hydrogens is 651 g/mol. The van der Waals surface area contributed by atoms with Gasteiger partial charge in [0.15, 0.2) is 6.29 Å². The van der Waals surface area contributed by atoms with Crippen molar-refractivity contribution in [1.82, 2.24) is 0 Å². The van der Waals surface area contributed by atoms with E-state index < -0.39 is 32.6 Å². The number of aliphatic carboxylic acids is 1. The molecule has 0 radical (unpaired) electrons. The molecule has 0 aromatic heterocycles. The summed E-state index contributed by atoms with van der Waals surface area (Å²) in [6.07, 6.45) is 11.3. The first kappa shape index (κ1) is 39.9. The van der Waals surface area contributed by atoms with Crippen molar-refractivity contribution in [2.24, 2.45) is 11.8 Å². The number of carboxylic acids is 1. The lowest BCUT2D eigenvalue weighted by Gasteiger charge is -2.45. The van der Waals surface area contributed by atoms with Crippen LogP contribution in [0.4, 0.5) is 8.78 Å². The molecule has 1 N–H and O–H groups in total. The first-order chi connectivity index (χ1) is 23.9. The summed E-state index contributed by atoms with van der Waals surface area (Å²) in [5, 5.41) is 11.2. The quantitative estimate of drug-likeness (QED) is 0.0950. The van der Waals surface area contributed by atoms with Gasteiger partial charge in [-0.2, -0.15) is 8.78 Å². The minimum absolute atomic E-state index is 0.109. The number of hydrogen-bond acceptors (Lipinski definition) is 4. The van der Waals surface area contributed by atoms with Gasteiger partial charge in [0.1, 0.15) is 6.10 Å². The van der Waals surface area contributed by atoms with Crippen molar-refractivity contribution in [3.8, 4) is 0 Å². The second-order valence-electron chi connectivity index (χ2n) is 15.0. The van der Waals surface area contributed by atoms with Crippen LogP contribution in [0.15, 0.2) is 97.1 Å². The van der Waals surface area contributed by atoms with Crippen molar-refractivity contribution in [2.45, 2.75) is 128 Å². The number of rotatable bonds is 18. The fourth-order valence-corrected chi connectivity index (χ4v) is 12.3. The fraction of sp³-hybridized carbons (Fsp3) is 0.548. The molecule has 2 aromatic carbocycles. The van der Waals surface area contributed by atoms with Crippen molar-refractivity contribution in [1.29, 1.82) is 0 Å². The number of alkyl halides is 2. The van der Waals surface area contributed by atoms with Crippen LogP contribution in [0.2, 0.25) is 5.04 Å². The number of unbranched alkanes of at least 4 members (excludes halogenated alkanes) is 2. The largest absolute Gasteiger partial charge is 0.481 e. The lowest BCUT2D eigenvalue weighted by molar-refractivity contribution is -0.229. The van der Waals surface area contributed by atoms with Crippen molar-refractivity contribution < 1.29 is 32.6 Å². The van der Waals surface area contributed by atoms with Crippen LogP contribution >= 0.6 is 0 Å². The van der Waals surface area contributed by atoms with E-state index in [1.807, 2.05) is 25.1 Å². The van der Waals surface area contributed by atoms with Gasteiger partial charge in [0.25, 0.3) is 14.2 Å². The maximum absolute atomic E-state index is 16.1. The van der Waals surface area contributed by atoms with Gasteiger partial charge >= 0.3 is 5.97 Å². The van der Waals surface area contributed by atoms with Gasteiger partial charge in [0.2, 0.25) is 0 Å². The molecule has 1 aliphatic heterocycles. The summed E-state index contributed by atoms with van der Waals surface area (Å²) in [6.45, 7) is 13.7. The van der Waals surface area contributed by atoms with E-state index in [1.165, 1.54) is 10.4 Å². The van der Waals surface area contributed by atoms with E-state index in [9.17, 15) is 4.79 Å². The smallest absolute Gasteiger partial charge is 0.303 e. The molecule has 2 unspecified atom stereocenters. The van der Waals surface area contributed by atoms with E-state index in [4.69, 9.17) is 19.0 Å². The van der Waals surface area contributed by atoms with Gasteiger partial charge in [-0.1, -0.05) is 132 Å². The van der Waals surface area contributed by atoms with E-state index in [0.29, 0.717) is 45.1 Å². The third kappa shape index (κ3) is 10.3. The molecule has 1 saturated carbocycles. The SMILES string of the molecule is C=C1C[C@H](O[Si](c2ccccc2)(c2ccccc2)C(C)(C)C)[C@H](CC=CCCCC(=O)O)[C@H]1C=CC(F)(F)C(CCCC)OC1CCCCO1. The zero-order valence-corrected chi connectivity index (χ0v) is 31.5. The number of allylic oxidation sites excluding steroid dienone is 3. The summed E-state index contributed by atoms with van der Waals surface area (Å²) in [5.74, 6) is -4.47. The lowest BCUT2D eigenvalue weighted by atomic mass is 9.88. The lowest BCUT2D eigenvalue weighted by Crippen LogP contribution is -2.68. The Balaban J connectivity index is 1.69. The Hall–Kier alpha value is -2.91. The molecule has 2 aromatic rings. The average Bonchev–Trinajstić information content (AvgIpc) is 3.39. The molecule has 2 aliphatic rings. The molecule has 274 valence electrons. The van der Waals surface area contributed by atoms with Crippen molar-refractivity contribution >= 4 is 24.7 Å². The predicted molar refractivity (Wildman–Crippen MR) is 201 cm³/mol. The molecule has 1 saturated heterocycles. The molecule has 50 heavy (non-hydrogen) atoms. The van der Waals surface area contributed by atoms with Crippen LogP contribution in [0.5, 0.6) is 0 Å². The minimum Gasteiger partial charge on any atom is -0.481 e. The molecular formula is C42H58F2O5Si. The van der Waals surface area contributed by atoms with Gasteiger partial charge < -0.3 is 19.0 Å². The van der Waals surface area contributed by atoms with Gasteiger partial charge in [-0.05, 0) is 78.8 Å². The highest BCUT2D eigenvalue weighted by Gasteiger charge is 2.54. The molecule has 1 aliphatic carbocycles. The summed E-state index contributed by atoms with van der Waals surface area (Å²) in [4.78, 5) is 11.1. The highest BCUT2D eigenvalue weighted by atomic mass is 28.4. The number of carbonyl (C=O) groups is 1. The maximum Gasteiger partial charge on any atom is 0.303 e. The molecule has 0 bridgehead atoms. The van der Waals surface area contributed by atoms with Gasteiger partial charge in [-0.15, -0.1) is 0 Å². The predicted octanol–water partition coefficient (Wildman–Crippen LogP) is 9.62. The molecule has 0 amide bonds. The van der Waals surface area contributed by atoms with Crippen LogP contribution in [0.25, 0.3) is 0 Å². The third-order valence-electron chi connectivity index (χ3n) is 10.2. The van der Waals surface area contributed by atoms with E-state index in [1.54, 1.807) is 6.08 Å². The molecule has 5 atom stereocenters. The van der Waals surface area contributed by atoms with Crippen molar-refractivity contribution in [2.75, 3.05) is 6.61 Å². The van der Waals surface area contributed by atoms with Crippen molar-refractivity contribution in [3.05, 3.63) is 97.1 Å². The maximum atomic E-state index is 16.1. The van der Waals surface area contributed by atoms with E-state index in [2.05, 4.69) is 82.0 Å². The zero-order chi connectivity index (χ0) is 36.2. The third-order valence-corrected chi connectivity index (χ3v) is 15.2. The Kier molecular flexibility index (Phi) is 14.8. The molecule has 5 nitrogen and oxygen atoms in total. The summed E-state index contributed by atoms with van der Waals surface area (Å²) in [5.41, 5.74) is 0.880. The highest BCUT2D eigenvalue weighted by Crippen LogP contribution is 2.46. The molecule has 2 fully saturated rings. The number of hydrogen-bond donors (Lipinski definition) is 1. The summed E-state index contributed by atoms with van der Waals surface area (Å²) in [6, 6.07) is 20.9. The van der Waals surface area contributed by atoms with Crippen LogP contribution in [-0.4, -0.2) is 50.4 Å². The number of halogens is 2. The number of carboxylic acid groups (broad SMARTS) is 1. The molecule has 0 spiro atoms. The van der Waals surface area contributed by atoms with Crippen LogP contribution < -0.4 is 10.4 Å². The number of benzene rings is 2. The van der Waals surface area contributed by atoms with E-state index in [0.717, 1.165) is 30.9 Å². The van der Waals surface area contributed by atoms with Crippen LogP contribution in [0.3, 0.4) is 0 Å². The average molecular weight is 709 g/mol. The first-order valence-electron chi connectivity index (χ1n) is 18.6. The van der Waals surface area contributed by atoms with E-state index >= 15 is 8.78 Å². The second-order valence-corrected chi connectivity index (χ2v) is 19.2. The second kappa shape index (κ2) is 18.5. The molecule has 1 heterocycles. The molecule has 4 rings (SSSR count). The number of ether oxygens (including phenoxy) is 2. The van der Waals surface area contributed by atoms with E-state index in [-0.39, 0.29) is 35.8 Å². The fourth-order valence-electron chi connectivity index (χ4n) is 7.53. The normalized spacial score (nSPS) is 22.8. The minimum atomic E-state index is -3.19. The zero-order valence-electron chi connectivity index (χ0n) is 30.5. The summed E-state index contributed by atoms with van der Waals surface area (Å²) in [7, 11) is -2.94.